The van der Waals surface area contributed by atoms with Crippen LogP contribution in [0.2, 0.25) is 5.02 Å². The van der Waals surface area contributed by atoms with Gasteiger partial charge in [0.05, 0.1) is 16.7 Å². The van der Waals surface area contributed by atoms with E-state index in [0.717, 1.165) is 57.3 Å². The Morgan fingerprint density at radius 1 is 0.940 bits per heavy atom. The van der Waals surface area contributed by atoms with E-state index in [1.165, 1.54) is 0 Å². The van der Waals surface area contributed by atoms with Crippen LogP contribution in [0.4, 0.5) is 0 Å². The van der Waals surface area contributed by atoms with E-state index < -0.39 is 12.0 Å². The topological polar surface area (TPSA) is 142 Å². The summed E-state index contributed by atoms with van der Waals surface area (Å²) in [7, 11) is 0. The van der Waals surface area contributed by atoms with Gasteiger partial charge in [0.25, 0.3) is 0 Å². The lowest BCUT2D eigenvalue weighted by molar-refractivity contribution is -0.144. The number of hydrogen-bond acceptors (Lipinski definition) is 9. The Morgan fingerprint density at radius 2 is 1.68 bits per heavy atom. The molecule has 1 aliphatic heterocycles. The van der Waals surface area contributed by atoms with Crippen molar-refractivity contribution in [3.8, 4) is 40.1 Å². The average Bonchev–Trinajstić information content (AvgIpc) is 3.61. The molecule has 0 saturated carbocycles. The van der Waals surface area contributed by atoms with Gasteiger partial charge >= 0.3 is 5.97 Å². The molecule has 2 N–H and O–H groups in total. The maximum absolute atomic E-state index is 12.0. The Hall–Kier alpha value is -5.21. The Labute approximate surface area is 295 Å². The second kappa shape index (κ2) is 15.6. The minimum atomic E-state index is -0.837. The fourth-order valence-electron chi connectivity index (χ4n) is 6.39. The van der Waals surface area contributed by atoms with Crippen molar-refractivity contribution in [1.82, 2.24) is 15.1 Å². The van der Waals surface area contributed by atoms with Crippen LogP contribution >= 0.6 is 11.6 Å². The van der Waals surface area contributed by atoms with Gasteiger partial charge in [-0.3, -0.25) is 9.69 Å². The molecule has 0 bridgehead atoms. The molecular formula is C39H37ClN4O6. The molecule has 1 aromatic heterocycles. The van der Waals surface area contributed by atoms with Crippen LogP contribution in [0.15, 0.2) is 77.2 Å². The van der Waals surface area contributed by atoms with E-state index in [1.807, 2.05) is 61.2 Å². The van der Waals surface area contributed by atoms with Crippen LogP contribution < -0.4 is 9.47 Å². The number of aromatic nitrogens is 2. The van der Waals surface area contributed by atoms with Gasteiger partial charge in [0.15, 0.2) is 0 Å². The van der Waals surface area contributed by atoms with Gasteiger partial charge in [-0.15, -0.1) is 10.2 Å². The molecule has 2 heterocycles. The van der Waals surface area contributed by atoms with Crippen molar-refractivity contribution in [2.24, 2.45) is 0 Å². The van der Waals surface area contributed by atoms with E-state index >= 15 is 0 Å². The van der Waals surface area contributed by atoms with Crippen LogP contribution in [-0.4, -0.2) is 43.9 Å². The summed E-state index contributed by atoms with van der Waals surface area (Å²) in [5, 5.41) is 37.0. The molecule has 5 aromatic rings. The summed E-state index contributed by atoms with van der Waals surface area (Å²) in [6.45, 7) is 5.17. The molecule has 1 saturated heterocycles. The van der Waals surface area contributed by atoms with Gasteiger partial charge in [-0.1, -0.05) is 60.5 Å². The number of nitrogens with zero attached hydrogens (tertiary/aromatic N) is 4. The normalized spacial score (nSPS) is 14.7. The van der Waals surface area contributed by atoms with Gasteiger partial charge in [0, 0.05) is 23.7 Å². The third-order valence-electron chi connectivity index (χ3n) is 9.12. The van der Waals surface area contributed by atoms with Gasteiger partial charge in [0.2, 0.25) is 11.8 Å². The number of ether oxygens (including phenoxy) is 2. The zero-order valence-corrected chi connectivity index (χ0v) is 28.6. The average molecular weight is 693 g/mol. The summed E-state index contributed by atoms with van der Waals surface area (Å²) in [4.78, 5) is 14.0. The maximum Gasteiger partial charge on any atom is 0.320 e. The number of rotatable bonds is 12. The smallest absolute Gasteiger partial charge is 0.320 e. The molecule has 1 fully saturated rings. The molecule has 0 unspecified atom stereocenters. The van der Waals surface area contributed by atoms with Crippen LogP contribution in [0, 0.1) is 25.2 Å². The van der Waals surface area contributed by atoms with E-state index in [4.69, 9.17) is 25.5 Å². The number of aliphatic carboxylic acids is 1. The molecule has 0 aliphatic carbocycles. The molecule has 1 atom stereocenters. The summed E-state index contributed by atoms with van der Waals surface area (Å²) in [6, 6.07) is 24.3. The standard InChI is InChI=1S/C39H37ClN4O6/c1-24-28(10-6-11-30(24)31-12-7-13-32(25(31)2)38-43-42-37(21-45)50-38)23-49-36-18-35(48-22-27-9-5-8-26(16-27)19-41)29(17-33(36)40)20-44-15-4-3-14-34(44)39(46)47/h5-13,16-18,34,45H,3-4,14-15,20-23H2,1-2H3,(H,46,47)/t34-/m0/s1. The van der Waals surface area contributed by atoms with Crippen molar-refractivity contribution in [1.29, 1.82) is 5.26 Å². The number of hydrogen-bond donors (Lipinski definition) is 2. The SMILES string of the molecule is Cc1c(COc2cc(OCc3cccc(C#N)c3)c(CN3CCCC[C@H]3C(=O)O)cc2Cl)cccc1-c1cccc(-c2nnc(CO)o2)c1C. The van der Waals surface area contributed by atoms with Gasteiger partial charge in [-0.05, 0) is 90.9 Å². The largest absolute Gasteiger partial charge is 0.488 e. The molecule has 50 heavy (non-hydrogen) atoms. The Kier molecular flexibility index (Phi) is 10.8. The van der Waals surface area contributed by atoms with Crippen molar-refractivity contribution in [3.63, 3.8) is 0 Å². The fraction of sp³-hybridized carbons (Fsp3) is 0.282. The minimum absolute atomic E-state index is 0.157. The summed E-state index contributed by atoms with van der Waals surface area (Å²) >= 11 is 6.83. The van der Waals surface area contributed by atoms with Crippen molar-refractivity contribution in [3.05, 3.63) is 117 Å². The molecule has 0 radical (unpaired) electrons. The number of piperidine rings is 1. The molecule has 10 nitrogen and oxygen atoms in total. The molecule has 6 rings (SSSR count). The predicted octanol–water partition coefficient (Wildman–Crippen LogP) is 7.63. The van der Waals surface area contributed by atoms with Gasteiger partial charge in [0.1, 0.15) is 37.4 Å². The second-order valence-electron chi connectivity index (χ2n) is 12.3. The highest BCUT2D eigenvalue weighted by molar-refractivity contribution is 6.32. The van der Waals surface area contributed by atoms with Gasteiger partial charge in [-0.2, -0.15) is 5.26 Å². The molecule has 1 aliphatic rings. The molecular weight excluding hydrogens is 656 g/mol. The first kappa shape index (κ1) is 34.6. The molecule has 11 heteroatoms. The number of benzene rings is 4. The minimum Gasteiger partial charge on any atom is -0.488 e. The highest BCUT2D eigenvalue weighted by Gasteiger charge is 2.29. The third-order valence-corrected chi connectivity index (χ3v) is 9.42. The van der Waals surface area contributed by atoms with E-state index in [9.17, 15) is 20.3 Å². The maximum atomic E-state index is 12.0. The highest BCUT2D eigenvalue weighted by Crippen LogP contribution is 2.37. The first-order valence-corrected chi connectivity index (χ1v) is 16.8. The zero-order valence-electron chi connectivity index (χ0n) is 27.9. The Morgan fingerprint density at radius 3 is 2.44 bits per heavy atom. The van der Waals surface area contributed by atoms with E-state index in [2.05, 4.69) is 22.3 Å². The van der Waals surface area contributed by atoms with E-state index in [0.29, 0.717) is 47.5 Å². The summed E-state index contributed by atoms with van der Waals surface area (Å²) in [5.41, 5.74) is 7.88. The predicted molar refractivity (Wildman–Crippen MR) is 188 cm³/mol. The lowest BCUT2D eigenvalue weighted by atomic mass is 9.91. The fourth-order valence-corrected chi connectivity index (χ4v) is 6.63. The van der Waals surface area contributed by atoms with Crippen LogP contribution in [0.1, 0.15) is 58.5 Å². The second-order valence-corrected chi connectivity index (χ2v) is 12.7. The number of aliphatic hydroxyl groups is 1. The number of carbonyl (C=O) groups is 1. The van der Waals surface area contributed by atoms with E-state index in [-0.39, 0.29) is 25.7 Å². The number of carboxylic acid groups (broad SMARTS) is 1. The van der Waals surface area contributed by atoms with Crippen LogP contribution in [0.25, 0.3) is 22.6 Å². The number of nitriles is 1. The molecule has 4 aromatic carbocycles. The molecule has 0 amide bonds. The van der Waals surface area contributed by atoms with Crippen LogP contribution in [0.3, 0.4) is 0 Å². The number of halogens is 1. The number of likely N-dealkylation sites (tertiary alicyclic amines) is 1. The summed E-state index contributed by atoms with van der Waals surface area (Å²) in [6.07, 6.45) is 2.38. The lowest BCUT2D eigenvalue weighted by Crippen LogP contribution is -2.44. The summed E-state index contributed by atoms with van der Waals surface area (Å²) < 4.78 is 18.3. The van der Waals surface area contributed by atoms with E-state index in [1.54, 1.807) is 24.3 Å². The highest BCUT2D eigenvalue weighted by atomic mass is 35.5. The van der Waals surface area contributed by atoms with Crippen LogP contribution in [0.5, 0.6) is 11.5 Å². The van der Waals surface area contributed by atoms with Crippen LogP contribution in [-0.2, 0) is 31.2 Å². The lowest BCUT2D eigenvalue weighted by Gasteiger charge is -2.33. The van der Waals surface area contributed by atoms with Gasteiger partial charge in [-0.25, -0.2) is 0 Å². The number of aliphatic hydroxyl groups excluding tert-OH is 1. The third kappa shape index (κ3) is 7.66. The van der Waals surface area contributed by atoms with Crippen molar-refractivity contribution < 1.29 is 28.9 Å². The first-order valence-electron chi connectivity index (χ1n) is 16.4. The van der Waals surface area contributed by atoms with Crippen molar-refractivity contribution in [2.45, 2.75) is 65.5 Å². The zero-order chi connectivity index (χ0) is 35.2. The molecule has 0 spiro atoms. The van der Waals surface area contributed by atoms with Crippen molar-refractivity contribution >= 4 is 17.6 Å². The Bertz CT molecular complexity index is 2060. The monoisotopic (exact) mass is 692 g/mol. The van der Waals surface area contributed by atoms with Crippen molar-refractivity contribution in [2.75, 3.05) is 6.54 Å². The Balaban J connectivity index is 1.27. The molecule has 256 valence electrons. The first-order chi connectivity index (χ1) is 24.2. The summed E-state index contributed by atoms with van der Waals surface area (Å²) in [5.74, 6) is 0.632. The van der Waals surface area contributed by atoms with Gasteiger partial charge < -0.3 is 24.1 Å². The quantitative estimate of drug-likeness (QED) is 0.134. The number of carboxylic acids is 1.